The fourth-order valence-corrected chi connectivity index (χ4v) is 2.56. The number of furan rings is 1. The smallest absolute Gasteiger partial charge is 0.273 e. The van der Waals surface area contributed by atoms with Gasteiger partial charge >= 0.3 is 0 Å². The van der Waals surface area contributed by atoms with E-state index in [4.69, 9.17) is 4.42 Å². The molecule has 2 N–H and O–H groups in total. The number of nitrogens with one attached hydrogen (secondary N) is 2. The van der Waals surface area contributed by atoms with Crippen LogP contribution in [-0.4, -0.2) is 22.3 Å². The third-order valence-electron chi connectivity index (χ3n) is 2.95. The van der Waals surface area contributed by atoms with Crippen molar-refractivity contribution in [2.45, 2.75) is 12.7 Å². The van der Waals surface area contributed by atoms with E-state index in [1.165, 1.54) is 12.3 Å². The zero-order chi connectivity index (χ0) is 16.1. The number of carbonyl (C=O) groups is 2. The van der Waals surface area contributed by atoms with Gasteiger partial charge in [0.25, 0.3) is 11.8 Å². The van der Waals surface area contributed by atoms with Gasteiger partial charge in [0, 0.05) is 28.4 Å². The molecule has 0 fully saturated rings. The lowest BCUT2D eigenvalue weighted by Crippen LogP contribution is -2.41. The van der Waals surface area contributed by atoms with Crippen LogP contribution < -0.4 is 10.9 Å². The summed E-state index contributed by atoms with van der Waals surface area (Å²) < 4.78 is 16.2. The van der Waals surface area contributed by atoms with Crippen LogP contribution in [0.2, 0.25) is 0 Å². The third-order valence-corrected chi connectivity index (χ3v) is 3.69. The van der Waals surface area contributed by atoms with Gasteiger partial charge in [0.1, 0.15) is 5.76 Å². The molecule has 1 aromatic carbocycles. The van der Waals surface area contributed by atoms with Gasteiger partial charge in [-0.05, 0) is 30.7 Å². The van der Waals surface area contributed by atoms with Gasteiger partial charge in [0.2, 0.25) is 0 Å². The van der Waals surface area contributed by atoms with Crippen LogP contribution in [0.1, 0.15) is 32.0 Å². The van der Waals surface area contributed by atoms with Crippen molar-refractivity contribution in [3.63, 3.8) is 0 Å². The van der Waals surface area contributed by atoms with Gasteiger partial charge in [0.15, 0.2) is 0 Å². The molecular weight excluding hydrogens is 304 g/mol. The first-order valence-electron chi connectivity index (χ1n) is 6.51. The second-order valence-corrected chi connectivity index (χ2v) is 6.15. The van der Waals surface area contributed by atoms with Gasteiger partial charge in [0.05, 0.1) is 11.8 Å². The van der Waals surface area contributed by atoms with Crippen molar-refractivity contribution in [1.82, 2.24) is 10.9 Å². The van der Waals surface area contributed by atoms with Crippen LogP contribution >= 0.6 is 0 Å². The quantitative estimate of drug-likeness (QED) is 0.836. The highest BCUT2D eigenvalue weighted by atomic mass is 32.2. The molecule has 1 unspecified atom stereocenters. The number of rotatable bonds is 4. The molecule has 2 aromatic rings. The minimum absolute atomic E-state index is 0.357. The molecule has 6 nitrogen and oxygen atoms in total. The number of amides is 2. The van der Waals surface area contributed by atoms with E-state index in [2.05, 4.69) is 10.9 Å². The summed E-state index contributed by atoms with van der Waals surface area (Å²) in [6.07, 6.45) is 3.00. The molecule has 0 radical (unpaired) electrons. The minimum atomic E-state index is -0.984. The maximum Gasteiger partial charge on any atom is 0.273 e. The molecule has 7 heteroatoms. The lowest BCUT2D eigenvalue weighted by molar-refractivity contribution is 0.0845. The number of hydrogen-bond acceptors (Lipinski definition) is 4. The largest absolute Gasteiger partial charge is 0.469 e. The van der Waals surface area contributed by atoms with Crippen molar-refractivity contribution in [2.75, 3.05) is 6.26 Å². The van der Waals surface area contributed by atoms with Crippen LogP contribution in [0.25, 0.3) is 0 Å². The Bertz CT molecular complexity index is 724. The van der Waals surface area contributed by atoms with Crippen molar-refractivity contribution in [2.24, 2.45) is 0 Å². The molecule has 2 rings (SSSR count). The summed E-state index contributed by atoms with van der Waals surface area (Å²) in [5.41, 5.74) is 6.20. The van der Waals surface area contributed by atoms with Gasteiger partial charge in [-0.25, -0.2) is 0 Å². The summed E-state index contributed by atoms with van der Waals surface area (Å²) in [6, 6.07) is 8.29. The summed E-state index contributed by atoms with van der Waals surface area (Å²) in [7, 11) is -0.984. The third kappa shape index (κ3) is 4.05. The number of aryl methyl sites for hydroxylation is 1. The summed E-state index contributed by atoms with van der Waals surface area (Å²) in [6.45, 7) is 1.66. The monoisotopic (exact) mass is 320 g/mol. The van der Waals surface area contributed by atoms with Gasteiger partial charge in [-0.15, -0.1) is 0 Å². The van der Waals surface area contributed by atoms with Gasteiger partial charge in [-0.3, -0.25) is 24.6 Å². The maximum atomic E-state index is 12.0. The fraction of sp³-hybridized carbons (Fsp3) is 0.200. The van der Waals surface area contributed by atoms with Gasteiger partial charge < -0.3 is 4.42 Å². The summed E-state index contributed by atoms with van der Waals surface area (Å²) in [5, 5.41) is 0. The number of carbonyl (C=O) groups excluding carboxylic acids is 2. The Kier molecular flexibility index (Phi) is 5.11. The van der Waals surface area contributed by atoms with E-state index in [1.807, 2.05) is 0 Å². The molecule has 2 amide bonds. The highest BCUT2D eigenvalue weighted by Gasteiger charge is 2.13. The molecule has 1 heterocycles. The highest BCUT2D eigenvalue weighted by Crippen LogP contribution is 2.09. The average Bonchev–Trinajstić information content (AvgIpc) is 2.90. The van der Waals surface area contributed by atoms with E-state index in [-0.39, 0.29) is 0 Å². The zero-order valence-corrected chi connectivity index (χ0v) is 13.0. The van der Waals surface area contributed by atoms with Crippen LogP contribution in [0, 0.1) is 6.92 Å². The van der Waals surface area contributed by atoms with Crippen molar-refractivity contribution < 1.29 is 18.2 Å². The second kappa shape index (κ2) is 7.04. The topological polar surface area (TPSA) is 88.4 Å². The van der Waals surface area contributed by atoms with E-state index in [9.17, 15) is 13.8 Å². The second-order valence-electron chi connectivity index (χ2n) is 4.72. The Morgan fingerprint density at radius 1 is 1.18 bits per heavy atom. The fourth-order valence-electron chi connectivity index (χ4n) is 1.91. The zero-order valence-electron chi connectivity index (χ0n) is 12.2. The average molecular weight is 320 g/mol. The molecule has 0 saturated heterocycles. The Labute approximate surface area is 130 Å². The Hall–Kier alpha value is -2.41. The SMILES string of the molecule is Cc1occc1C(=O)NNC(=O)c1cccc(CS(C)=O)c1. The molecule has 0 aliphatic carbocycles. The van der Waals surface area contributed by atoms with Gasteiger partial charge in [-0.1, -0.05) is 12.1 Å². The van der Waals surface area contributed by atoms with Crippen LogP contribution in [-0.2, 0) is 16.6 Å². The van der Waals surface area contributed by atoms with Crippen LogP contribution in [0.15, 0.2) is 41.0 Å². The molecule has 0 bridgehead atoms. The molecule has 0 spiro atoms. The van der Waals surface area contributed by atoms with E-state index in [1.54, 1.807) is 37.4 Å². The van der Waals surface area contributed by atoms with Crippen molar-refractivity contribution >= 4 is 22.6 Å². The highest BCUT2D eigenvalue weighted by molar-refractivity contribution is 7.83. The number of benzene rings is 1. The summed E-state index contributed by atoms with van der Waals surface area (Å²) in [5.74, 6) is -0.0513. The lowest BCUT2D eigenvalue weighted by Gasteiger charge is -2.08. The van der Waals surface area contributed by atoms with Gasteiger partial charge in [-0.2, -0.15) is 0 Å². The Morgan fingerprint density at radius 2 is 1.91 bits per heavy atom. The van der Waals surface area contributed by atoms with E-state index >= 15 is 0 Å². The van der Waals surface area contributed by atoms with E-state index < -0.39 is 22.6 Å². The van der Waals surface area contributed by atoms with Crippen LogP contribution in [0.4, 0.5) is 0 Å². The number of hydrazine groups is 1. The maximum absolute atomic E-state index is 12.0. The molecule has 0 saturated carbocycles. The van der Waals surface area contributed by atoms with Crippen LogP contribution in [0.5, 0.6) is 0 Å². The lowest BCUT2D eigenvalue weighted by atomic mass is 10.1. The first-order chi connectivity index (χ1) is 10.5. The molecule has 0 aliphatic rings. The molecular formula is C15H16N2O4S. The van der Waals surface area contributed by atoms with Crippen LogP contribution in [0.3, 0.4) is 0 Å². The predicted octanol–water partition coefficient (Wildman–Crippen LogP) is 1.54. The number of hydrogen-bond donors (Lipinski definition) is 2. The summed E-state index contributed by atoms with van der Waals surface area (Å²) >= 11 is 0. The van der Waals surface area contributed by atoms with Crippen molar-refractivity contribution in [3.05, 3.63) is 59.0 Å². The normalized spacial score (nSPS) is 11.7. The molecule has 116 valence electrons. The predicted molar refractivity (Wildman–Crippen MR) is 82.6 cm³/mol. The molecule has 1 aromatic heterocycles. The first kappa shape index (κ1) is 16.0. The van der Waals surface area contributed by atoms with Crippen molar-refractivity contribution in [1.29, 1.82) is 0 Å². The Balaban J connectivity index is 1.99. The standard InChI is InChI=1S/C15H16N2O4S/c1-10-13(6-7-21-10)15(19)17-16-14(18)12-5-3-4-11(8-12)9-22(2)20/h3-8H,9H2,1-2H3,(H,16,18)(H,17,19). The molecule has 22 heavy (non-hydrogen) atoms. The molecule has 1 atom stereocenters. The van der Waals surface area contributed by atoms with E-state index in [0.29, 0.717) is 22.6 Å². The van der Waals surface area contributed by atoms with Crippen molar-refractivity contribution in [3.8, 4) is 0 Å². The van der Waals surface area contributed by atoms with E-state index in [0.717, 1.165) is 5.56 Å². The minimum Gasteiger partial charge on any atom is -0.469 e. The Morgan fingerprint density at radius 3 is 2.55 bits per heavy atom. The molecule has 0 aliphatic heterocycles. The summed E-state index contributed by atoms with van der Waals surface area (Å²) in [4.78, 5) is 23.9. The first-order valence-corrected chi connectivity index (χ1v) is 8.24.